The van der Waals surface area contributed by atoms with E-state index in [1.807, 2.05) is 35.0 Å². The van der Waals surface area contributed by atoms with Crippen molar-refractivity contribution in [2.24, 2.45) is 11.3 Å². The summed E-state index contributed by atoms with van der Waals surface area (Å²) in [7, 11) is 0. The molecule has 2 heterocycles. The van der Waals surface area contributed by atoms with Crippen molar-refractivity contribution in [2.75, 3.05) is 0 Å². The van der Waals surface area contributed by atoms with Crippen LogP contribution in [-0.4, -0.2) is 21.5 Å². The fourth-order valence-corrected chi connectivity index (χ4v) is 3.00. The topological polar surface area (TPSA) is 46.9 Å². The van der Waals surface area contributed by atoms with E-state index in [2.05, 4.69) is 31.1 Å². The summed E-state index contributed by atoms with van der Waals surface area (Å²) in [5.74, 6) is 0.607. The van der Waals surface area contributed by atoms with Gasteiger partial charge in [-0.3, -0.25) is 9.78 Å². The lowest BCUT2D eigenvalue weighted by molar-refractivity contribution is 0.0937. The Balaban J connectivity index is 1.66. The van der Waals surface area contributed by atoms with Gasteiger partial charge in [-0.2, -0.15) is 0 Å². The summed E-state index contributed by atoms with van der Waals surface area (Å²) >= 11 is 0. The van der Waals surface area contributed by atoms with Crippen LogP contribution in [0.25, 0.3) is 0 Å². The molecule has 0 radical (unpaired) electrons. The van der Waals surface area contributed by atoms with E-state index in [4.69, 9.17) is 0 Å². The molecule has 2 atom stereocenters. The molecule has 4 heteroatoms. The molecule has 0 spiro atoms. The first-order chi connectivity index (χ1) is 10.4. The van der Waals surface area contributed by atoms with Crippen LogP contribution in [-0.2, 0) is 6.54 Å². The van der Waals surface area contributed by atoms with Gasteiger partial charge in [-0.25, -0.2) is 0 Å². The van der Waals surface area contributed by atoms with Gasteiger partial charge in [-0.05, 0) is 47.6 Å². The number of rotatable bonds is 4. The summed E-state index contributed by atoms with van der Waals surface area (Å²) in [4.78, 5) is 16.5. The fourth-order valence-electron chi connectivity index (χ4n) is 3.00. The Labute approximate surface area is 131 Å². The molecule has 4 nitrogen and oxygen atoms in total. The van der Waals surface area contributed by atoms with Crippen LogP contribution in [0.1, 0.15) is 43.2 Å². The highest BCUT2D eigenvalue weighted by molar-refractivity contribution is 5.93. The van der Waals surface area contributed by atoms with E-state index in [1.165, 1.54) is 0 Å². The lowest BCUT2D eigenvalue weighted by Crippen LogP contribution is -2.30. The van der Waals surface area contributed by atoms with Crippen LogP contribution < -0.4 is 5.32 Å². The van der Waals surface area contributed by atoms with Gasteiger partial charge in [0.2, 0.25) is 0 Å². The third-order valence-corrected chi connectivity index (χ3v) is 4.38. The number of hydrogen-bond donors (Lipinski definition) is 1. The van der Waals surface area contributed by atoms with Crippen molar-refractivity contribution in [3.8, 4) is 0 Å². The van der Waals surface area contributed by atoms with Crippen molar-refractivity contribution in [1.82, 2.24) is 14.9 Å². The zero-order valence-corrected chi connectivity index (χ0v) is 13.4. The van der Waals surface area contributed by atoms with Crippen molar-refractivity contribution in [2.45, 2.75) is 39.8 Å². The van der Waals surface area contributed by atoms with Crippen molar-refractivity contribution < 1.29 is 4.79 Å². The first kappa shape index (κ1) is 14.8. The Kier molecular flexibility index (Phi) is 3.77. The van der Waals surface area contributed by atoms with Crippen LogP contribution in [0, 0.1) is 11.3 Å². The Bertz CT molecular complexity index is 654. The highest BCUT2D eigenvalue weighted by Crippen LogP contribution is 2.45. The molecule has 1 aliphatic carbocycles. The molecule has 2 aromatic heterocycles. The zero-order valence-electron chi connectivity index (χ0n) is 13.4. The average molecular weight is 297 g/mol. The van der Waals surface area contributed by atoms with Gasteiger partial charge in [0, 0.05) is 31.2 Å². The summed E-state index contributed by atoms with van der Waals surface area (Å²) in [6.07, 6.45) is 6.58. The number of aromatic nitrogens is 2. The van der Waals surface area contributed by atoms with Crippen LogP contribution in [0.2, 0.25) is 0 Å². The standard InChI is InChI=1S/C18H23N3O/c1-18(2,3)14-11-15(14)20-17(22)16-5-4-10-21(16)12-13-6-8-19-9-7-13/h4-10,14-15H,11-12H2,1-3H3,(H,20,22)/t14?,15-/m0/s1. The Morgan fingerprint density at radius 3 is 2.68 bits per heavy atom. The predicted octanol–water partition coefficient (Wildman–Crippen LogP) is 3.10. The molecule has 1 unspecified atom stereocenters. The molecule has 22 heavy (non-hydrogen) atoms. The molecule has 1 saturated carbocycles. The van der Waals surface area contributed by atoms with Crippen molar-refractivity contribution >= 4 is 5.91 Å². The lowest BCUT2D eigenvalue weighted by Gasteiger charge is -2.18. The second-order valence-electron chi connectivity index (χ2n) is 7.16. The van der Waals surface area contributed by atoms with E-state index in [9.17, 15) is 4.79 Å². The van der Waals surface area contributed by atoms with E-state index in [1.54, 1.807) is 12.4 Å². The molecular formula is C18H23N3O. The molecule has 0 saturated heterocycles. The van der Waals surface area contributed by atoms with Crippen LogP contribution in [0.3, 0.4) is 0 Å². The number of nitrogens with zero attached hydrogens (tertiary/aromatic N) is 2. The van der Waals surface area contributed by atoms with Crippen molar-refractivity contribution in [1.29, 1.82) is 0 Å². The third kappa shape index (κ3) is 3.21. The summed E-state index contributed by atoms with van der Waals surface area (Å²) < 4.78 is 1.99. The number of hydrogen-bond acceptors (Lipinski definition) is 2. The highest BCUT2D eigenvalue weighted by atomic mass is 16.2. The van der Waals surface area contributed by atoms with Gasteiger partial charge in [0.25, 0.3) is 5.91 Å². The highest BCUT2D eigenvalue weighted by Gasteiger charge is 2.46. The van der Waals surface area contributed by atoms with Gasteiger partial charge in [-0.1, -0.05) is 20.8 Å². The summed E-state index contributed by atoms with van der Waals surface area (Å²) in [6, 6.07) is 8.06. The maximum atomic E-state index is 12.5. The van der Waals surface area contributed by atoms with E-state index >= 15 is 0 Å². The Morgan fingerprint density at radius 1 is 1.32 bits per heavy atom. The summed E-state index contributed by atoms with van der Waals surface area (Å²) in [6.45, 7) is 7.38. The minimum atomic E-state index is 0.0239. The Morgan fingerprint density at radius 2 is 2.05 bits per heavy atom. The van der Waals surface area contributed by atoms with Gasteiger partial charge in [0.15, 0.2) is 0 Å². The number of carbonyl (C=O) groups is 1. The normalized spacial score (nSPS) is 20.7. The number of nitrogens with one attached hydrogen (secondary N) is 1. The van der Waals surface area contributed by atoms with Gasteiger partial charge in [-0.15, -0.1) is 0 Å². The quantitative estimate of drug-likeness (QED) is 0.942. The smallest absolute Gasteiger partial charge is 0.268 e. The number of carbonyl (C=O) groups excluding carboxylic acids is 1. The minimum absolute atomic E-state index is 0.0239. The Hall–Kier alpha value is -2.10. The molecule has 3 rings (SSSR count). The number of amides is 1. The van der Waals surface area contributed by atoms with E-state index in [0.717, 1.165) is 17.7 Å². The molecule has 1 amide bonds. The van der Waals surface area contributed by atoms with Gasteiger partial charge < -0.3 is 9.88 Å². The molecule has 116 valence electrons. The molecule has 0 aromatic carbocycles. The van der Waals surface area contributed by atoms with Gasteiger partial charge >= 0.3 is 0 Å². The summed E-state index contributed by atoms with van der Waals surface area (Å²) in [5.41, 5.74) is 2.12. The second-order valence-corrected chi connectivity index (χ2v) is 7.16. The van der Waals surface area contributed by atoms with Crippen molar-refractivity contribution in [3.05, 3.63) is 54.1 Å². The minimum Gasteiger partial charge on any atom is -0.348 e. The fraction of sp³-hybridized carbons (Fsp3) is 0.444. The SMILES string of the molecule is CC(C)(C)C1C[C@@H]1NC(=O)c1cccn1Cc1ccncc1. The lowest BCUT2D eigenvalue weighted by atomic mass is 9.90. The molecular weight excluding hydrogens is 274 g/mol. The van der Waals surface area contributed by atoms with E-state index in [-0.39, 0.29) is 11.3 Å². The predicted molar refractivity (Wildman–Crippen MR) is 86.6 cm³/mol. The van der Waals surface area contributed by atoms with Crippen LogP contribution in [0.15, 0.2) is 42.9 Å². The molecule has 0 aliphatic heterocycles. The molecule has 1 aliphatic rings. The molecule has 1 N–H and O–H groups in total. The largest absolute Gasteiger partial charge is 0.348 e. The monoisotopic (exact) mass is 297 g/mol. The summed E-state index contributed by atoms with van der Waals surface area (Å²) in [5, 5.41) is 3.17. The van der Waals surface area contributed by atoms with E-state index < -0.39 is 0 Å². The van der Waals surface area contributed by atoms with Crippen LogP contribution in [0.4, 0.5) is 0 Å². The van der Waals surface area contributed by atoms with Crippen molar-refractivity contribution in [3.63, 3.8) is 0 Å². The molecule has 0 bridgehead atoms. The second kappa shape index (κ2) is 5.59. The first-order valence-corrected chi connectivity index (χ1v) is 7.80. The third-order valence-electron chi connectivity index (χ3n) is 4.38. The first-order valence-electron chi connectivity index (χ1n) is 7.80. The maximum Gasteiger partial charge on any atom is 0.268 e. The molecule has 1 fully saturated rings. The van der Waals surface area contributed by atoms with Gasteiger partial charge in [0.05, 0.1) is 0 Å². The zero-order chi connectivity index (χ0) is 15.7. The van der Waals surface area contributed by atoms with Crippen LogP contribution in [0.5, 0.6) is 0 Å². The maximum absolute atomic E-state index is 12.5. The number of pyridine rings is 1. The van der Waals surface area contributed by atoms with Crippen LogP contribution >= 0.6 is 0 Å². The average Bonchev–Trinajstić information content (AvgIpc) is 3.09. The van der Waals surface area contributed by atoms with E-state index in [0.29, 0.717) is 18.5 Å². The molecule has 2 aromatic rings. The van der Waals surface area contributed by atoms with Gasteiger partial charge in [0.1, 0.15) is 5.69 Å².